The maximum atomic E-state index is 5.45. The zero-order valence-electron chi connectivity index (χ0n) is 14.1. The summed E-state index contributed by atoms with van der Waals surface area (Å²) < 4.78 is 1.84. The molecule has 1 heterocycles. The molecule has 2 N–H and O–H groups in total. The molecule has 0 amide bonds. The molecule has 4 rings (SSSR count). The van der Waals surface area contributed by atoms with Crippen LogP contribution in [0.2, 0.25) is 0 Å². The highest BCUT2D eigenvalue weighted by molar-refractivity contribution is 7.80. The van der Waals surface area contributed by atoms with Crippen molar-refractivity contribution < 1.29 is 0 Å². The van der Waals surface area contributed by atoms with Gasteiger partial charge in [0, 0.05) is 30.0 Å². The molecule has 4 aromatic rings. The lowest BCUT2D eigenvalue weighted by atomic mass is 10.1. The highest BCUT2D eigenvalue weighted by Crippen LogP contribution is 2.22. The first-order chi connectivity index (χ1) is 12.8. The molecular formula is C21H18N4S. The van der Waals surface area contributed by atoms with Crippen molar-refractivity contribution >= 4 is 33.8 Å². The highest BCUT2D eigenvalue weighted by atomic mass is 32.1. The van der Waals surface area contributed by atoms with Crippen LogP contribution in [-0.4, -0.2) is 14.9 Å². The smallest absolute Gasteiger partial charge is 0.171 e. The van der Waals surface area contributed by atoms with Gasteiger partial charge in [-0.25, -0.2) is 4.68 Å². The number of thiocarbonyl (C=S) groups is 1. The fourth-order valence-electron chi connectivity index (χ4n) is 2.87. The Morgan fingerprint density at radius 2 is 1.73 bits per heavy atom. The van der Waals surface area contributed by atoms with Crippen LogP contribution in [0.25, 0.3) is 16.5 Å². The predicted molar refractivity (Wildman–Crippen MR) is 111 cm³/mol. The van der Waals surface area contributed by atoms with Gasteiger partial charge in [-0.2, -0.15) is 5.10 Å². The zero-order chi connectivity index (χ0) is 17.8. The van der Waals surface area contributed by atoms with E-state index in [0.29, 0.717) is 11.7 Å². The van der Waals surface area contributed by atoms with E-state index in [4.69, 9.17) is 12.2 Å². The van der Waals surface area contributed by atoms with Gasteiger partial charge in [-0.15, -0.1) is 0 Å². The number of fused-ring (bicyclic) bond motifs is 1. The first-order valence-corrected chi connectivity index (χ1v) is 8.82. The third kappa shape index (κ3) is 3.58. The molecule has 1 aromatic heterocycles. The van der Waals surface area contributed by atoms with E-state index in [0.717, 1.165) is 22.3 Å². The SMILES string of the molecule is S=C(NCc1ccc(-n2cccn2)cc1)Nc1cccc2ccccc12. The van der Waals surface area contributed by atoms with Crippen molar-refractivity contribution in [1.29, 1.82) is 0 Å². The molecule has 0 atom stereocenters. The van der Waals surface area contributed by atoms with Gasteiger partial charge in [0.1, 0.15) is 0 Å². The van der Waals surface area contributed by atoms with Crippen molar-refractivity contribution in [3.8, 4) is 5.69 Å². The Bertz CT molecular complexity index is 1020. The number of hydrogen-bond acceptors (Lipinski definition) is 2. The van der Waals surface area contributed by atoms with Crippen molar-refractivity contribution in [2.75, 3.05) is 5.32 Å². The van der Waals surface area contributed by atoms with Crippen LogP contribution in [0.4, 0.5) is 5.69 Å². The van der Waals surface area contributed by atoms with Gasteiger partial charge in [0.05, 0.1) is 5.69 Å². The van der Waals surface area contributed by atoms with Gasteiger partial charge in [-0.3, -0.25) is 0 Å². The Hall–Kier alpha value is -3.18. The number of rotatable bonds is 4. The molecule has 0 unspecified atom stereocenters. The Morgan fingerprint density at radius 3 is 2.54 bits per heavy atom. The van der Waals surface area contributed by atoms with Gasteiger partial charge >= 0.3 is 0 Å². The maximum absolute atomic E-state index is 5.45. The Labute approximate surface area is 157 Å². The highest BCUT2D eigenvalue weighted by Gasteiger charge is 2.03. The van der Waals surface area contributed by atoms with Gasteiger partial charge < -0.3 is 10.6 Å². The van der Waals surface area contributed by atoms with E-state index in [1.165, 1.54) is 5.39 Å². The lowest BCUT2D eigenvalue weighted by Gasteiger charge is -2.13. The molecule has 0 aliphatic carbocycles. The van der Waals surface area contributed by atoms with Crippen LogP contribution in [0, 0.1) is 0 Å². The van der Waals surface area contributed by atoms with Crippen LogP contribution in [-0.2, 0) is 6.54 Å². The minimum atomic E-state index is 0.609. The second-order valence-electron chi connectivity index (χ2n) is 5.95. The topological polar surface area (TPSA) is 41.9 Å². The second kappa shape index (κ2) is 7.37. The molecule has 26 heavy (non-hydrogen) atoms. The summed E-state index contributed by atoms with van der Waals surface area (Å²) in [5.41, 5.74) is 3.20. The van der Waals surface area contributed by atoms with Crippen LogP contribution < -0.4 is 10.6 Å². The van der Waals surface area contributed by atoms with Crippen LogP contribution in [0.1, 0.15) is 5.56 Å². The minimum Gasteiger partial charge on any atom is -0.358 e. The van der Waals surface area contributed by atoms with Crippen molar-refractivity contribution in [1.82, 2.24) is 15.1 Å². The quantitative estimate of drug-likeness (QED) is 0.527. The molecule has 0 bridgehead atoms. The fraction of sp³-hybridized carbons (Fsp3) is 0.0476. The van der Waals surface area contributed by atoms with Crippen LogP contribution >= 0.6 is 12.2 Å². The molecule has 4 nitrogen and oxygen atoms in total. The van der Waals surface area contributed by atoms with E-state index in [1.807, 2.05) is 53.3 Å². The van der Waals surface area contributed by atoms with Crippen LogP contribution in [0.3, 0.4) is 0 Å². The van der Waals surface area contributed by atoms with E-state index >= 15 is 0 Å². The average molecular weight is 358 g/mol. The van der Waals surface area contributed by atoms with Gasteiger partial charge in [-0.05, 0) is 47.4 Å². The summed E-state index contributed by atoms with van der Waals surface area (Å²) in [4.78, 5) is 0. The molecule has 5 heteroatoms. The minimum absolute atomic E-state index is 0.609. The lowest BCUT2D eigenvalue weighted by molar-refractivity contribution is 0.874. The maximum Gasteiger partial charge on any atom is 0.171 e. The van der Waals surface area contributed by atoms with E-state index in [9.17, 15) is 0 Å². The Morgan fingerprint density at radius 1 is 0.923 bits per heavy atom. The number of anilines is 1. The summed E-state index contributed by atoms with van der Waals surface area (Å²) in [7, 11) is 0. The number of nitrogens with zero attached hydrogens (tertiary/aromatic N) is 2. The summed E-state index contributed by atoms with van der Waals surface area (Å²) in [6.45, 7) is 0.663. The normalized spacial score (nSPS) is 10.6. The number of benzene rings is 3. The number of aromatic nitrogens is 2. The Kier molecular flexibility index (Phi) is 4.62. The number of hydrogen-bond donors (Lipinski definition) is 2. The molecule has 0 radical (unpaired) electrons. The Balaban J connectivity index is 1.39. The molecule has 0 saturated carbocycles. The van der Waals surface area contributed by atoms with Crippen molar-refractivity contribution in [3.63, 3.8) is 0 Å². The summed E-state index contributed by atoms with van der Waals surface area (Å²) in [6.07, 6.45) is 3.70. The molecule has 0 aliphatic rings. The molecule has 0 saturated heterocycles. The second-order valence-corrected chi connectivity index (χ2v) is 6.36. The van der Waals surface area contributed by atoms with E-state index < -0.39 is 0 Å². The van der Waals surface area contributed by atoms with E-state index in [-0.39, 0.29) is 0 Å². The van der Waals surface area contributed by atoms with Crippen LogP contribution in [0.5, 0.6) is 0 Å². The van der Waals surface area contributed by atoms with E-state index in [2.05, 4.69) is 46.1 Å². The molecule has 0 aliphatic heterocycles. The predicted octanol–water partition coefficient (Wildman–Crippen LogP) is 4.51. The first kappa shape index (κ1) is 16.3. The third-order valence-corrected chi connectivity index (χ3v) is 4.44. The summed E-state index contributed by atoms with van der Waals surface area (Å²) in [6, 6.07) is 24.6. The van der Waals surface area contributed by atoms with E-state index in [1.54, 1.807) is 6.20 Å². The molecular weight excluding hydrogens is 340 g/mol. The van der Waals surface area contributed by atoms with Crippen molar-refractivity contribution in [2.24, 2.45) is 0 Å². The third-order valence-electron chi connectivity index (χ3n) is 4.20. The standard InChI is InChI=1S/C21H18N4S/c26-21(24-20-8-3-6-17-5-1-2-7-19(17)20)22-15-16-9-11-18(12-10-16)25-14-4-13-23-25/h1-14H,15H2,(H2,22,24,26). The van der Waals surface area contributed by atoms with Gasteiger partial charge in [-0.1, -0.05) is 48.5 Å². The summed E-state index contributed by atoms with van der Waals surface area (Å²) >= 11 is 5.45. The molecule has 0 spiro atoms. The zero-order valence-corrected chi connectivity index (χ0v) is 14.9. The van der Waals surface area contributed by atoms with Gasteiger partial charge in [0.2, 0.25) is 0 Å². The van der Waals surface area contributed by atoms with Crippen LogP contribution in [0.15, 0.2) is 85.2 Å². The number of nitrogens with one attached hydrogen (secondary N) is 2. The van der Waals surface area contributed by atoms with Gasteiger partial charge in [0.25, 0.3) is 0 Å². The van der Waals surface area contributed by atoms with Crippen molar-refractivity contribution in [3.05, 3.63) is 90.8 Å². The monoisotopic (exact) mass is 358 g/mol. The lowest BCUT2D eigenvalue weighted by Crippen LogP contribution is -2.27. The first-order valence-electron chi connectivity index (χ1n) is 8.41. The molecule has 3 aromatic carbocycles. The average Bonchev–Trinajstić information content (AvgIpc) is 3.22. The largest absolute Gasteiger partial charge is 0.358 e. The fourth-order valence-corrected chi connectivity index (χ4v) is 3.05. The molecule has 0 fully saturated rings. The van der Waals surface area contributed by atoms with Crippen molar-refractivity contribution in [2.45, 2.75) is 6.54 Å². The summed E-state index contributed by atoms with van der Waals surface area (Å²) in [5.74, 6) is 0. The summed E-state index contributed by atoms with van der Waals surface area (Å²) in [5, 5.41) is 13.7. The van der Waals surface area contributed by atoms with Gasteiger partial charge in [0.15, 0.2) is 5.11 Å². The molecule has 128 valence electrons.